The Morgan fingerprint density at radius 1 is 1.41 bits per heavy atom. The summed E-state index contributed by atoms with van der Waals surface area (Å²) in [5.41, 5.74) is 1.09. The summed E-state index contributed by atoms with van der Waals surface area (Å²) < 4.78 is 31.5. The zero-order valence-electron chi connectivity index (χ0n) is 9.48. The summed E-state index contributed by atoms with van der Waals surface area (Å²) in [6, 6.07) is 9.84. The lowest BCUT2D eigenvalue weighted by molar-refractivity contribution is 0.242. The standard InChI is InChI=1S/C11H15NO3S2/c1-9(17(13,14)15)12-8-16-7-11(12)10-5-3-2-4-6-10/h2-6,9,11H,7-8H2,1H3,(H,13,14,15). The summed E-state index contributed by atoms with van der Waals surface area (Å²) >= 11 is 1.68. The molecule has 1 fully saturated rings. The highest BCUT2D eigenvalue weighted by Crippen LogP contribution is 2.35. The average Bonchev–Trinajstić information content (AvgIpc) is 2.76. The fraction of sp³-hybridized carbons (Fsp3) is 0.455. The minimum atomic E-state index is -4.01. The van der Waals surface area contributed by atoms with E-state index in [9.17, 15) is 8.42 Å². The zero-order chi connectivity index (χ0) is 12.5. The van der Waals surface area contributed by atoms with Crippen LogP contribution in [0.2, 0.25) is 0 Å². The number of rotatable bonds is 3. The second-order valence-electron chi connectivity index (χ2n) is 4.05. The Hall–Kier alpha value is -0.560. The Morgan fingerprint density at radius 3 is 2.65 bits per heavy atom. The predicted octanol–water partition coefficient (Wildman–Crippen LogP) is 1.97. The van der Waals surface area contributed by atoms with Gasteiger partial charge in [0, 0.05) is 17.7 Å². The van der Waals surface area contributed by atoms with Gasteiger partial charge in [-0.1, -0.05) is 30.3 Å². The van der Waals surface area contributed by atoms with Gasteiger partial charge in [-0.3, -0.25) is 9.45 Å². The Balaban J connectivity index is 2.24. The molecule has 0 bridgehead atoms. The van der Waals surface area contributed by atoms with Crippen LogP contribution in [0.15, 0.2) is 30.3 Å². The van der Waals surface area contributed by atoms with E-state index in [-0.39, 0.29) is 6.04 Å². The molecule has 0 aliphatic carbocycles. The van der Waals surface area contributed by atoms with Crippen molar-refractivity contribution in [1.82, 2.24) is 4.90 Å². The van der Waals surface area contributed by atoms with Gasteiger partial charge in [0.2, 0.25) is 0 Å². The van der Waals surface area contributed by atoms with Gasteiger partial charge in [0.25, 0.3) is 10.1 Å². The van der Waals surface area contributed by atoms with Crippen LogP contribution < -0.4 is 0 Å². The van der Waals surface area contributed by atoms with Gasteiger partial charge in [-0.15, -0.1) is 11.8 Å². The Labute approximate surface area is 106 Å². The van der Waals surface area contributed by atoms with E-state index in [4.69, 9.17) is 4.55 Å². The highest BCUT2D eigenvalue weighted by atomic mass is 32.2. The molecule has 1 aromatic rings. The lowest BCUT2D eigenvalue weighted by Crippen LogP contribution is -2.38. The van der Waals surface area contributed by atoms with E-state index in [1.54, 1.807) is 11.8 Å². The van der Waals surface area contributed by atoms with Crippen LogP contribution in [0.1, 0.15) is 18.5 Å². The van der Waals surface area contributed by atoms with Crippen molar-refractivity contribution in [2.24, 2.45) is 0 Å². The van der Waals surface area contributed by atoms with Crippen molar-refractivity contribution in [1.29, 1.82) is 0 Å². The molecule has 17 heavy (non-hydrogen) atoms. The molecule has 6 heteroatoms. The molecule has 1 saturated heterocycles. The van der Waals surface area contributed by atoms with Crippen molar-refractivity contribution in [3.05, 3.63) is 35.9 Å². The van der Waals surface area contributed by atoms with Gasteiger partial charge in [-0.05, 0) is 12.5 Å². The molecule has 2 rings (SSSR count). The van der Waals surface area contributed by atoms with Crippen molar-refractivity contribution < 1.29 is 13.0 Å². The van der Waals surface area contributed by atoms with Crippen LogP contribution in [-0.4, -0.2) is 34.9 Å². The molecule has 2 atom stereocenters. The molecule has 1 heterocycles. The largest absolute Gasteiger partial charge is 0.284 e. The van der Waals surface area contributed by atoms with Crippen LogP contribution in [0.25, 0.3) is 0 Å². The molecule has 1 aliphatic heterocycles. The second kappa shape index (κ2) is 4.97. The van der Waals surface area contributed by atoms with E-state index in [2.05, 4.69) is 0 Å². The van der Waals surface area contributed by atoms with Crippen molar-refractivity contribution in [3.8, 4) is 0 Å². The lowest BCUT2D eigenvalue weighted by atomic mass is 10.1. The molecule has 0 amide bonds. The smallest absolute Gasteiger partial charge is 0.281 e. The molecule has 1 aliphatic rings. The summed E-state index contributed by atoms with van der Waals surface area (Å²) in [6.07, 6.45) is 0. The Bertz CT molecular complexity index is 475. The second-order valence-corrected chi connectivity index (χ2v) is 6.77. The fourth-order valence-electron chi connectivity index (χ4n) is 1.95. The SMILES string of the molecule is CC(N1CSCC1c1ccccc1)S(=O)(=O)O. The van der Waals surface area contributed by atoms with Crippen LogP contribution in [-0.2, 0) is 10.1 Å². The van der Waals surface area contributed by atoms with Crippen LogP contribution >= 0.6 is 11.8 Å². The number of hydrogen-bond donors (Lipinski definition) is 1. The third-order valence-corrected chi connectivity index (χ3v) is 5.16. The first kappa shape index (κ1) is 12.9. The maximum atomic E-state index is 11.2. The molecule has 0 radical (unpaired) electrons. The third-order valence-electron chi connectivity index (χ3n) is 3.00. The quantitative estimate of drug-likeness (QED) is 0.853. The average molecular weight is 273 g/mol. The minimum Gasteiger partial charge on any atom is -0.284 e. The summed E-state index contributed by atoms with van der Waals surface area (Å²) in [6.45, 7) is 1.52. The van der Waals surface area contributed by atoms with Gasteiger partial charge >= 0.3 is 0 Å². The normalized spacial score (nSPS) is 23.8. The Morgan fingerprint density at radius 2 is 2.06 bits per heavy atom. The van der Waals surface area contributed by atoms with Crippen LogP contribution in [0, 0.1) is 0 Å². The van der Waals surface area contributed by atoms with E-state index in [0.717, 1.165) is 11.3 Å². The molecular formula is C11H15NO3S2. The van der Waals surface area contributed by atoms with Crippen molar-refractivity contribution in [2.45, 2.75) is 18.3 Å². The summed E-state index contributed by atoms with van der Waals surface area (Å²) in [7, 11) is -4.01. The topological polar surface area (TPSA) is 57.6 Å². The molecule has 94 valence electrons. The van der Waals surface area contributed by atoms with Gasteiger partial charge in [0.1, 0.15) is 5.37 Å². The fourth-order valence-corrected chi connectivity index (χ4v) is 3.93. The monoisotopic (exact) mass is 273 g/mol. The molecule has 2 unspecified atom stereocenters. The molecule has 0 aromatic heterocycles. The van der Waals surface area contributed by atoms with E-state index >= 15 is 0 Å². The number of nitrogens with zero attached hydrogens (tertiary/aromatic N) is 1. The molecule has 0 saturated carbocycles. The Kier molecular flexibility index (Phi) is 3.77. The van der Waals surface area contributed by atoms with Crippen molar-refractivity contribution in [2.75, 3.05) is 11.6 Å². The molecule has 1 aromatic carbocycles. The first-order chi connectivity index (χ1) is 8.00. The molecular weight excluding hydrogens is 258 g/mol. The highest BCUT2D eigenvalue weighted by molar-refractivity contribution is 7.99. The summed E-state index contributed by atoms with van der Waals surface area (Å²) in [5.74, 6) is 1.48. The first-order valence-corrected chi connectivity index (χ1v) is 8.00. The third kappa shape index (κ3) is 2.82. The van der Waals surface area contributed by atoms with Crippen LogP contribution in [0.5, 0.6) is 0 Å². The summed E-state index contributed by atoms with van der Waals surface area (Å²) in [4.78, 5) is 1.81. The number of thioether (sulfide) groups is 1. The van der Waals surface area contributed by atoms with Gasteiger partial charge in [-0.25, -0.2) is 0 Å². The molecule has 4 nitrogen and oxygen atoms in total. The van der Waals surface area contributed by atoms with Crippen molar-refractivity contribution in [3.63, 3.8) is 0 Å². The maximum absolute atomic E-state index is 11.2. The van der Waals surface area contributed by atoms with E-state index in [1.807, 2.05) is 35.2 Å². The summed E-state index contributed by atoms with van der Waals surface area (Å²) in [5, 5.41) is -0.859. The van der Waals surface area contributed by atoms with Crippen LogP contribution in [0.4, 0.5) is 0 Å². The van der Waals surface area contributed by atoms with Gasteiger partial charge in [0.05, 0.1) is 0 Å². The van der Waals surface area contributed by atoms with E-state index in [1.165, 1.54) is 6.92 Å². The zero-order valence-corrected chi connectivity index (χ0v) is 11.1. The maximum Gasteiger partial charge on any atom is 0.281 e. The van der Waals surface area contributed by atoms with Gasteiger partial charge in [0.15, 0.2) is 0 Å². The molecule has 1 N–H and O–H groups in total. The highest BCUT2D eigenvalue weighted by Gasteiger charge is 2.35. The first-order valence-electron chi connectivity index (χ1n) is 5.35. The van der Waals surface area contributed by atoms with Gasteiger partial charge in [-0.2, -0.15) is 8.42 Å². The van der Waals surface area contributed by atoms with Crippen molar-refractivity contribution >= 4 is 21.9 Å². The van der Waals surface area contributed by atoms with E-state index < -0.39 is 15.5 Å². The number of hydrogen-bond acceptors (Lipinski definition) is 4. The predicted molar refractivity (Wildman–Crippen MR) is 69.4 cm³/mol. The van der Waals surface area contributed by atoms with E-state index in [0.29, 0.717) is 5.88 Å². The van der Waals surface area contributed by atoms with Gasteiger partial charge < -0.3 is 0 Å². The minimum absolute atomic E-state index is 0.0538. The lowest BCUT2D eigenvalue weighted by Gasteiger charge is -2.27. The number of benzene rings is 1. The van der Waals surface area contributed by atoms with Crippen LogP contribution in [0.3, 0.4) is 0 Å². The molecule has 0 spiro atoms.